The molecule has 1 amide bonds. The zero-order valence-corrected chi connectivity index (χ0v) is 18.4. The van der Waals surface area contributed by atoms with Gasteiger partial charge in [-0.3, -0.25) is 14.2 Å². The molecule has 2 rings (SSSR count). The van der Waals surface area contributed by atoms with Crippen LogP contribution in [0.4, 0.5) is 0 Å². The fourth-order valence-electron chi connectivity index (χ4n) is 3.08. The normalized spacial score (nSPS) is 11.5. The fourth-order valence-corrected chi connectivity index (χ4v) is 4.33. The van der Waals surface area contributed by atoms with Crippen molar-refractivity contribution in [1.82, 2.24) is 14.5 Å². The summed E-state index contributed by atoms with van der Waals surface area (Å²) in [7, 11) is 0. The number of carbonyl (C=O) groups excluding carboxylic acids is 1. The number of halogens is 1. The van der Waals surface area contributed by atoms with E-state index in [-0.39, 0.29) is 29.3 Å². The van der Waals surface area contributed by atoms with Gasteiger partial charge >= 0.3 is 0 Å². The standard InChI is InChI=1S/C19H26BrN3O2S/c1-6-9-22-18(25)15-10-14(20)7-8-16(15)21-19(22)26-11-17(24)23(12(2)3)13(4)5/h7-8,10,12-13H,6,9,11H2,1-5H3. The maximum atomic E-state index is 12.9. The molecule has 0 N–H and O–H groups in total. The van der Waals surface area contributed by atoms with Gasteiger partial charge in [0.15, 0.2) is 5.16 Å². The van der Waals surface area contributed by atoms with E-state index < -0.39 is 0 Å². The van der Waals surface area contributed by atoms with E-state index in [4.69, 9.17) is 0 Å². The van der Waals surface area contributed by atoms with Crippen molar-refractivity contribution in [3.63, 3.8) is 0 Å². The molecule has 26 heavy (non-hydrogen) atoms. The zero-order valence-electron chi connectivity index (χ0n) is 16.0. The average Bonchev–Trinajstić information content (AvgIpc) is 2.56. The maximum Gasteiger partial charge on any atom is 0.262 e. The van der Waals surface area contributed by atoms with E-state index in [0.29, 0.717) is 22.6 Å². The van der Waals surface area contributed by atoms with Gasteiger partial charge < -0.3 is 4.90 Å². The molecule has 0 bridgehead atoms. The number of fused-ring (bicyclic) bond motifs is 1. The van der Waals surface area contributed by atoms with Gasteiger partial charge in [-0.2, -0.15) is 0 Å². The van der Waals surface area contributed by atoms with Gasteiger partial charge in [-0.05, 0) is 52.3 Å². The lowest BCUT2D eigenvalue weighted by Crippen LogP contribution is -2.43. The molecule has 7 heteroatoms. The summed E-state index contributed by atoms with van der Waals surface area (Å²) in [5.41, 5.74) is 0.600. The summed E-state index contributed by atoms with van der Waals surface area (Å²) < 4.78 is 2.54. The van der Waals surface area contributed by atoms with Crippen LogP contribution in [0, 0.1) is 0 Å². The fraction of sp³-hybridized carbons (Fsp3) is 0.526. The third-order valence-corrected chi connectivity index (χ3v) is 5.51. The van der Waals surface area contributed by atoms with E-state index in [2.05, 4.69) is 20.9 Å². The summed E-state index contributed by atoms with van der Waals surface area (Å²) in [6, 6.07) is 5.79. The van der Waals surface area contributed by atoms with E-state index in [1.54, 1.807) is 10.6 Å². The van der Waals surface area contributed by atoms with Crippen molar-refractivity contribution in [2.75, 3.05) is 5.75 Å². The Labute approximate surface area is 167 Å². The highest BCUT2D eigenvalue weighted by molar-refractivity contribution is 9.10. The molecule has 0 radical (unpaired) electrons. The molecular formula is C19H26BrN3O2S. The second-order valence-corrected chi connectivity index (χ2v) is 8.65. The van der Waals surface area contributed by atoms with E-state index >= 15 is 0 Å². The molecule has 1 aromatic carbocycles. The van der Waals surface area contributed by atoms with Crippen LogP contribution in [0.15, 0.2) is 32.6 Å². The van der Waals surface area contributed by atoms with Gasteiger partial charge in [0.05, 0.1) is 16.7 Å². The molecule has 0 saturated heterocycles. The average molecular weight is 440 g/mol. The molecule has 0 fully saturated rings. The number of thioether (sulfide) groups is 1. The van der Waals surface area contributed by atoms with Crippen LogP contribution in [-0.2, 0) is 11.3 Å². The summed E-state index contributed by atoms with van der Waals surface area (Å²) in [4.78, 5) is 32.0. The Kier molecular flexibility index (Phi) is 7.29. The molecule has 0 saturated carbocycles. The van der Waals surface area contributed by atoms with Gasteiger partial charge in [0.25, 0.3) is 5.56 Å². The monoisotopic (exact) mass is 439 g/mol. The Bertz CT molecular complexity index is 841. The first-order chi connectivity index (χ1) is 12.3. The third-order valence-electron chi connectivity index (χ3n) is 4.05. The van der Waals surface area contributed by atoms with Crippen LogP contribution >= 0.6 is 27.7 Å². The Morgan fingerprint density at radius 1 is 1.27 bits per heavy atom. The van der Waals surface area contributed by atoms with Gasteiger partial charge in [0.1, 0.15) is 0 Å². The number of aromatic nitrogens is 2. The smallest absolute Gasteiger partial charge is 0.262 e. The minimum Gasteiger partial charge on any atom is -0.337 e. The highest BCUT2D eigenvalue weighted by Crippen LogP contribution is 2.22. The van der Waals surface area contributed by atoms with Crippen LogP contribution in [0.5, 0.6) is 0 Å². The number of rotatable bonds is 7. The molecule has 0 atom stereocenters. The number of hydrogen-bond donors (Lipinski definition) is 0. The van der Waals surface area contributed by atoms with Crippen molar-refractivity contribution >= 4 is 44.5 Å². The number of nitrogens with zero attached hydrogens (tertiary/aromatic N) is 3. The van der Waals surface area contributed by atoms with E-state index in [1.165, 1.54) is 11.8 Å². The van der Waals surface area contributed by atoms with Crippen LogP contribution < -0.4 is 5.56 Å². The second-order valence-electron chi connectivity index (χ2n) is 6.79. The SMILES string of the molecule is CCCn1c(SCC(=O)N(C(C)C)C(C)C)nc2ccc(Br)cc2c1=O. The van der Waals surface area contributed by atoms with Crippen molar-refractivity contribution < 1.29 is 4.79 Å². The van der Waals surface area contributed by atoms with Crippen LogP contribution in [0.3, 0.4) is 0 Å². The molecule has 0 aliphatic carbocycles. The Balaban J connectivity index is 2.36. The molecule has 142 valence electrons. The van der Waals surface area contributed by atoms with Crippen molar-refractivity contribution in [3.05, 3.63) is 33.0 Å². The van der Waals surface area contributed by atoms with Crippen LogP contribution in [0.1, 0.15) is 41.0 Å². The first-order valence-electron chi connectivity index (χ1n) is 8.90. The predicted octanol–water partition coefficient (Wildman–Crippen LogP) is 4.31. The second kappa shape index (κ2) is 9.04. The third kappa shape index (κ3) is 4.68. The van der Waals surface area contributed by atoms with Crippen molar-refractivity contribution in [2.24, 2.45) is 0 Å². The Hall–Kier alpha value is -1.34. The highest BCUT2D eigenvalue weighted by Gasteiger charge is 2.21. The van der Waals surface area contributed by atoms with E-state index in [0.717, 1.165) is 10.9 Å². The van der Waals surface area contributed by atoms with E-state index in [1.807, 2.05) is 51.7 Å². The van der Waals surface area contributed by atoms with E-state index in [9.17, 15) is 9.59 Å². The minimum atomic E-state index is -0.0577. The number of carbonyl (C=O) groups is 1. The zero-order chi connectivity index (χ0) is 19.4. The van der Waals surface area contributed by atoms with Gasteiger partial charge in [-0.1, -0.05) is 34.6 Å². The molecule has 0 aliphatic heterocycles. The lowest BCUT2D eigenvalue weighted by Gasteiger charge is -2.30. The van der Waals surface area contributed by atoms with Crippen molar-refractivity contribution in [3.8, 4) is 0 Å². The predicted molar refractivity (Wildman–Crippen MR) is 112 cm³/mol. The number of hydrogen-bond acceptors (Lipinski definition) is 4. The summed E-state index contributed by atoms with van der Waals surface area (Å²) in [5.74, 6) is 0.336. The molecule has 0 unspecified atom stereocenters. The maximum absolute atomic E-state index is 12.9. The van der Waals surface area contributed by atoms with Gasteiger partial charge in [-0.15, -0.1) is 0 Å². The first-order valence-corrected chi connectivity index (χ1v) is 10.7. The van der Waals surface area contributed by atoms with Crippen LogP contribution in [0.25, 0.3) is 10.9 Å². The summed E-state index contributed by atoms with van der Waals surface area (Å²) >= 11 is 4.75. The molecule has 0 spiro atoms. The van der Waals surface area contributed by atoms with Crippen LogP contribution in [-0.4, -0.2) is 38.2 Å². The molecule has 1 aromatic heterocycles. The number of amides is 1. The van der Waals surface area contributed by atoms with Gasteiger partial charge in [0.2, 0.25) is 5.91 Å². The molecular weight excluding hydrogens is 414 g/mol. The van der Waals surface area contributed by atoms with Gasteiger partial charge in [0, 0.05) is 23.1 Å². The van der Waals surface area contributed by atoms with Gasteiger partial charge in [-0.25, -0.2) is 4.98 Å². The minimum absolute atomic E-state index is 0.0577. The van der Waals surface area contributed by atoms with Crippen molar-refractivity contribution in [1.29, 1.82) is 0 Å². The molecule has 2 aromatic rings. The summed E-state index contributed by atoms with van der Waals surface area (Å²) in [6.45, 7) is 10.7. The molecule has 0 aliphatic rings. The summed E-state index contributed by atoms with van der Waals surface area (Å²) in [6.07, 6.45) is 0.826. The lowest BCUT2D eigenvalue weighted by atomic mass is 10.2. The first kappa shape index (κ1) is 21.0. The largest absolute Gasteiger partial charge is 0.337 e. The topological polar surface area (TPSA) is 55.2 Å². The Morgan fingerprint density at radius 3 is 2.50 bits per heavy atom. The summed E-state index contributed by atoms with van der Waals surface area (Å²) in [5, 5.41) is 1.20. The molecule has 1 heterocycles. The quantitative estimate of drug-likeness (QED) is 0.476. The number of benzene rings is 1. The Morgan fingerprint density at radius 2 is 1.92 bits per heavy atom. The lowest BCUT2D eigenvalue weighted by molar-refractivity contribution is -0.131. The highest BCUT2D eigenvalue weighted by atomic mass is 79.9. The molecule has 5 nitrogen and oxygen atoms in total. The van der Waals surface area contributed by atoms with Crippen LogP contribution in [0.2, 0.25) is 0 Å². The van der Waals surface area contributed by atoms with Crippen molar-refractivity contribution in [2.45, 2.75) is 64.8 Å².